The third-order valence-corrected chi connectivity index (χ3v) is 6.73. The van der Waals surface area contributed by atoms with Gasteiger partial charge in [-0.25, -0.2) is 0 Å². The summed E-state index contributed by atoms with van der Waals surface area (Å²) in [6, 6.07) is 18.7. The highest BCUT2D eigenvalue weighted by atomic mass is 32.2. The van der Waals surface area contributed by atoms with Gasteiger partial charge >= 0.3 is 0 Å². The molecule has 0 heterocycles. The van der Waals surface area contributed by atoms with Crippen molar-refractivity contribution < 1.29 is 4.79 Å². The van der Waals surface area contributed by atoms with Gasteiger partial charge in [-0.15, -0.1) is 11.8 Å². The molecule has 0 N–H and O–H groups in total. The maximum atomic E-state index is 13.8. The molecule has 2 nitrogen and oxygen atoms in total. The number of carbonyl (C=O) groups is 1. The molecule has 144 valence electrons. The Hall–Kier alpha value is -1.74. The molecular formula is C24H31NOS. The van der Waals surface area contributed by atoms with E-state index in [1.807, 2.05) is 23.1 Å². The monoisotopic (exact) mass is 381 g/mol. The van der Waals surface area contributed by atoms with Crippen molar-refractivity contribution in [1.82, 2.24) is 0 Å². The molecule has 1 saturated carbocycles. The van der Waals surface area contributed by atoms with Crippen molar-refractivity contribution in [3.8, 4) is 0 Å². The minimum atomic E-state index is 0.0461. The molecule has 2 aromatic rings. The van der Waals surface area contributed by atoms with Crippen LogP contribution in [0.1, 0.15) is 45.6 Å². The topological polar surface area (TPSA) is 20.3 Å². The molecule has 3 heteroatoms. The lowest BCUT2D eigenvalue weighted by molar-refractivity contribution is -0.130. The highest BCUT2D eigenvalue weighted by Gasteiger charge is 2.43. The van der Waals surface area contributed by atoms with Crippen LogP contribution in [0, 0.1) is 17.3 Å². The van der Waals surface area contributed by atoms with Crippen molar-refractivity contribution in [3.63, 3.8) is 0 Å². The van der Waals surface area contributed by atoms with E-state index in [0.29, 0.717) is 12.5 Å². The van der Waals surface area contributed by atoms with E-state index in [-0.39, 0.29) is 17.2 Å². The summed E-state index contributed by atoms with van der Waals surface area (Å²) in [5.41, 5.74) is 2.21. The molecule has 0 aromatic heterocycles. The summed E-state index contributed by atoms with van der Waals surface area (Å²) in [6.45, 7) is 7.40. The average Bonchev–Trinajstić information content (AvgIpc) is 2.66. The first-order chi connectivity index (χ1) is 12.9. The van der Waals surface area contributed by atoms with Gasteiger partial charge in [0.1, 0.15) is 0 Å². The van der Waals surface area contributed by atoms with E-state index in [0.717, 1.165) is 18.5 Å². The Morgan fingerprint density at radius 1 is 1.11 bits per heavy atom. The lowest BCUT2D eigenvalue weighted by atomic mass is 9.63. The van der Waals surface area contributed by atoms with Crippen LogP contribution in [0.2, 0.25) is 0 Å². The predicted molar refractivity (Wildman–Crippen MR) is 116 cm³/mol. The van der Waals surface area contributed by atoms with Crippen molar-refractivity contribution in [1.29, 1.82) is 0 Å². The fourth-order valence-corrected chi connectivity index (χ4v) is 4.94. The Bertz CT molecular complexity index is 754. The molecule has 0 saturated heterocycles. The summed E-state index contributed by atoms with van der Waals surface area (Å²) in [7, 11) is 0. The zero-order valence-corrected chi connectivity index (χ0v) is 17.8. The van der Waals surface area contributed by atoms with Crippen LogP contribution in [0.4, 0.5) is 5.69 Å². The second-order valence-corrected chi connectivity index (χ2v) is 9.32. The second kappa shape index (κ2) is 8.52. The van der Waals surface area contributed by atoms with E-state index >= 15 is 0 Å². The summed E-state index contributed by atoms with van der Waals surface area (Å²) in [5, 5.41) is 0. The van der Waals surface area contributed by atoms with Crippen LogP contribution in [-0.2, 0) is 11.3 Å². The number of para-hydroxylation sites is 1. The normalized spacial score (nSPS) is 21.6. The number of rotatable bonds is 5. The lowest BCUT2D eigenvalue weighted by Gasteiger charge is -2.44. The van der Waals surface area contributed by atoms with Crippen molar-refractivity contribution in [2.24, 2.45) is 17.3 Å². The van der Waals surface area contributed by atoms with Crippen LogP contribution in [0.25, 0.3) is 0 Å². The maximum absolute atomic E-state index is 13.8. The number of hydrogen-bond acceptors (Lipinski definition) is 2. The first-order valence-electron chi connectivity index (χ1n) is 9.92. The van der Waals surface area contributed by atoms with E-state index < -0.39 is 0 Å². The van der Waals surface area contributed by atoms with Gasteiger partial charge in [-0.05, 0) is 60.3 Å². The fraction of sp³-hybridized carbons (Fsp3) is 0.458. The molecule has 1 aliphatic rings. The molecule has 1 fully saturated rings. The largest absolute Gasteiger partial charge is 0.308 e. The quantitative estimate of drug-likeness (QED) is 0.558. The molecule has 3 rings (SSSR count). The van der Waals surface area contributed by atoms with Crippen LogP contribution in [0.5, 0.6) is 0 Å². The summed E-state index contributed by atoms with van der Waals surface area (Å²) < 4.78 is 0. The summed E-state index contributed by atoms with van der Waals surface area (Å²) in [4.78, 5) is 17.0. The van der Waals surface area contributed by atoms with Crippen molar-refractivity contribution in [3.05, 3.63) is 60.2 Å². The summed E-state index contributed by atoms with van der Waals surface area (Å²) >= 11 is 1.74. The number of hydrogen-bond donors (Lipinski definition) is 0. The van der Waals surface area contributed by atoms with Crippen molar-refractivity contribution >= 4 is 23.4 Å². The molecule has 0 radical (unpaired) electrons. The van der Waals surface area contributed by atoms with Crippen LogP contribution in [0.15, 0.2) is 59.5 Å². The zero-order chi connectivity index (χ0) is 19.4. The second-order valence-electron chi connectivity index (χ2n) is 8.44. The van der Waals surface area contributed by atoms with Crippen LogP contribution < -0.4 is 4.90 Å². The van der Waals surface area contributed by atoms with Gasteiger partial charge in [-0.2, -0.15) is 0 Å². The van der Waals surface area contributed by atoms with Crippen LogP contribution in [0.3, 0.4) is 0 Å². The fourth-order valence-electron chi connectivity index (χ4n) is 4.54. The van der Waals surface area contributed by atoms with E-state index in [1.165, 1.54) is 16.9 Å². The molecule has 1 amide bonds. The smallest absolute Gasteiger partial charge is 0.231 e. The molecule has 27 heavy (non-hydrogen) atoms. The predicted octanol–water partition coefficient (Wildman–Crippen LogP) is 6.40. The molecule has 2 atom stereocenters. The maximum Gasteiger partial charge on any atom is 0.231 e. The number of anilines is 1. The number of carbonyl (C=O) groups excluding carboxylic acids is 1. The van der Waals surface area contributed by atoms with Crippen molar-refractivity contribution in [2.45, 2.75) is 51.5 Å². The van der Waals surface area contributed by atoms with E-state index in [9.17, 15) is 4.79 Å². The Morgan fingerprint density at radius 3 is 2.37 bits per heavy atom. The van der Waals surface area contributed by atoms with Gasteiger partial charge in [0.05, 0.1) is 6.54 Å². The van der Waals surface area contributed by atoms with Gasteiger partial charge in [0.2, 0.25) is 5.91 Å². The number of amides is 1. The molecule has 0 aliphatic heterocycles. The Kier molecular flexibility index (Phi) is 6.31. The lowest BCUT2D eigenvalue weighted by Crippen LogP contribution is -2.47. The molecule has 2 aromatic carbocycles. The highest BCUT2D eigenvalue weighted by molar-refractivity contribution is 7.98. The minimum Gasteiger partial charge on any atom is -0.308 e. The van der Waals surface area contributed by atoms with Gasteiger partial charge in [-0.1, -0.05) is 57.5 Å². The Morgan fingerprint density at radius 2 is 1.78 bits per heavy atom. The molecule has 1 aliphatic carbocycles. The van der Waals surface area contributed by atoms with E-state index in [4.69, 9.17) is 0 Å². The first-order valence-corrected chi connectivity index (χ1v) is 11.1. The van der Waals surface area contributed by atoms with Crippen LogP contribution in [-0.4, -0.2) is 12.2 Å². The van der Waals surface area contributed by atoms with Gasteiger partial charge in [0.15, 0.2) is 0 Å². The van der Waals surface area contributed by atoms with Gasteiger partial charge in [0, 0.05) is 16.5 Å². The van der Waals surface area contributed by atoms with Crippen LogP contribution >= 0.6 is 11.8 Å². The number of nitrogens with zero attached hydrogens (tertiary/aromatic N) is 1. The summed E-state index contributed by atoms with van der Waals surface area (Å²) in [6.07, 6.45) is 5.57. The molecule has 0 bridgehead atoms. The third kappa shape index (κ3) is 4.57. The SMILES string of the molecule is CSc1ccc(CN(C(=O)C2C(C)CCCC2(C)C)c2ccccc2)cc1. The molecule has 0 spiro atoms. The first kappa shape index (κ1) is 20.0. The number of thioether (sulfide) groups is 1. The highest BCUT2D eigenvalue weighted by Crippen LogP contribution is 2.45. The Balaban J connectivity index is 1.92. The minimum absolute atomic E-state index is 0.0461. The number of benzene rings is 2. The van der Waals surface area contributed by atoms with Crippen molar-refractivity contribution in [2.75, 3.05) is 11.2 Å². The van der Waals surface area contributed by atoms with Gasteiger partial charge in [0.25, 0.3) is 0 Å². The Labute approximate surface area is 168 Å². The zero-order valence-electron chi connectivity index (χ0n) is 16.9. The summed E-state index contributed by atoms with van der Waals surface area (Å²) in [5.74, 6) is 0.760. The third-order valence-electron chi connectivity index (χ3n) is 5.99. The molecule has 2 unspecified atom stereocenters. The van der Waals surface area contributed by atoms with E-state index in [1.54, 1.807) is 11.8 Å². The van der Waals surface area contributed by atoms with Gasteiger partial charge < -0.3 is 4.90 Å². The van der Waals surface area contributed by atoms with E-state index in [2.05, 4.69) is 63.4 Å². The molecular weight excluding hydrogens is 350 g/mol. The van der Waals surface area contributed by atoms with Gasteiger partial charge in [-0.3, -0.25) is 4.79 Å². The average molecular weight is 382 g/mol. The standard InChI is InChI=1S/C24H31NOS/c1-18-9-8-16-24(2,3)22(18)23(26)25(20-10-6-5-7-11-20)17-19-12-14-21(27-4)15-13-19/h5-7,10-15,18,22H,8-9,16-17H2,1-4H3.